The van der Waals surface area contributed by atoms with Crippen molar-refractivity contribution in [3.8, 4) is 0 Å². The molecule has 120 valence electrons. The molecule has 0 saturated carbocycles. The van der Waals surface area contributed by atoms with Crippen molar-refractivity contribution in [2.24, 2.45) is 11.7 Å². The van der Waals surface area contributed by atoms with Crippen LogP contribution in [0.5, 0.6) is 0 Å². The molecule has 0 bridgehead atoms. The lowest BCUT2D eigenvalue weighted by molar-refractivity contribution is -0.122. The third kappa shape index (κ3) is 3.28. The number of primary amides is 1. The second-order valence-electron chi connectivity index (χ2n) is 5.21. The fraction of sp³-hybridized carbons (Fsp3) is 0.429. The number of nitrogens with one attached hydrogen (secondary N) is 1. The zero-order chi connectivity index (χ0) is 16.3. The summed E-state index contributed by atoms with van der Waals surface area (Å²) in [5, 5.41) is 2.47. The Labute approximate surface area is 129 Å². The molecule has 0 spiro atoms. The van der Waals surface area contributed by atoms with Gasteiger partial charge in [0.25, 0.3) is 5.91 Å². The van der Waals surface area contributed by atoms with Gasteiger partial charge in [-0.25, -0.2) is 8.42 Å². The molecule has 7 nitrogen and oxygen atoms in total. The Morgan fingerprint density at radius 1 is 1.27 bits per heavy atom. The minimum absolute atomic E-state index is 0.102. The summed E-state index contributed by atoms with van der Waals surface area (Å²) in [6.45, 7) is 0.470. The van der Waals surface area contributed by atoms with E-state index < -0.39 is 21.8 Å². The molecule has 3 N–H and O–H groups in total. The van der Waals surface area contributed by atoms with Crippen LogP contribution in [-0.2, 0) is 14.8 Å². The van der Waals surface area contributed by atoms with E-state index in [4.69, 9.17) is 5.73 Å². The molecule has 1 saturated heterocycles. The highest BCUT2D eigenvalue weighted by atomic mass is 32.2. The second kappa shape index (κ2) is 6.45. The van der Waals surface area contributed by atoms with Gasteiger partial charge in [-0.15, -0.1) is 0 Å². The van der Waals surface area contributed by atoms with Crippen LogP contribution in [0.3, 0.4) is 0 Å². The number of hydrogen-bond donors (Lipinski definition) is 2. The molecular weight excluding hydrogens is 306 g/mol. The van der Waals surface area contributed by atoms with E-state index in [9.17, 15) is 18.0 Å². The number of hydrogen-bond acceptors (Lipinski definition) is 4. The predicted octanol–water partition coefficient (Wildman–Crippen LogP) is -0.0678. The number of amides is 2. The molecule has 2 amide bonds. The summed E-state index contributed by atoms with van der Waals surface area (Å²) in [6.07, 6.45) is 1.21. The van der Waals surface area contributed by atoms with Gasteiger partial charge in [-0.3, -0.25) is 9.59 Å². The van der Waals surface area contributed by atoms with Gasteiger partial charge in [-0.1, -0.05) is 0 Å². The first-order valence-electron chi connectivity index (χ1n) is 6.98. The molecule has 22 heavy (non-hydrogen) atoms. The number of nitrogens with zero attached hydrogens (tertiary/aromatic N) is 1. The Morgan fingerprint density at radius 3 is 2.45 bits per heavy atom. The smallest absolute Gasteiger partial charge is 0.251 e. The van der Waals surface area contributed by atoms with Gasteiger partial charge in [0.05, 0.1) is 10.8 Å². The lowest BCUT2D eigenvalue weighted by Crippen LogP contribution is -2.44. The lowest BCUT2D eigenvalue weighted by Gasteiger charge is -2.30. The van der Waals surface area contributed by atoms with Gasteiger partial charge in [0.15, 0.2) is 0 Å². The van der Waals surface area contributed by atoms with Crippen molar-refractivity contribution in [1.82, 2.24) is 9.62 Å². The Morgan fingerprint density at radius 2 is 1.91 bits per heavy atom. The van der Waals surface area contributed by atoms with Gasteiger partial charge in [0.1, 0.15) is 0 Å². The van der Waals surface area contributed by atoms with Gasteiger partial charge in [-0.05, 0) is 37.1 Å². The van der Waals surface area contributed by atoms with Gasteiger partial charge in [-0.2, -0.15) is 4.31 Å². The molecular formula is C14H19N3O4S. The Balaban J connectivity index is 2.22. The lowest BCUT2D eigenvalue weighted by atomic mass is 9.99. The number of piperidine rings is 1. The molecule has 8 heteroatoms. The maximum atomic E-state index is 12.6. The van der Waals surface area contributed by atoms with E-state index in [0.29, 0.717) is 24.9 Å². The number of carbonyl (C=O) groups excluding carboxylic acids is 2. The summed E-state index contributed by atoms with van der Waals surface area (Å²) in [4.78, 5) is 22.8. The first-order chi connectivity index (χ1) is 10.4. The molecule has 2 rings (SSSR count). The molecule has 1 aromatic rings. The topological polar surface area (TPSA) is 110 Å². The van der Waals surface area contributed by atoms with Crippen LogP contribution in [-0.4, -0.2) is 44.7 Å². The van der Waals surface area contributed by atoms with Gasteiger partial charge < -0.3 is 11.1 Å². The number of sulfonamides is 1. The molecule has 1 aromatic carbocycles. The SMILES string of the molecule is CNC(=O)c1ccc(S(=O)(=O)N2CCCC(C(N)=O)C2)cc1. The second-order valence-corrected chi connectivity index (χ2v) is 7.15. The van der Waals surface area contributed by atoms with Gasteiger partial charge >= 0.3 is 0 Å². The fourth-order valence-electron chi connectivity index (χ4n) is 2.46. The summed E-state index contributed by atoms with van der Waals surface area (Å²) in [6, 6.07) is 5.71. The van der Waals surface area contributed by atoms with Crippen molar-refractivity contribution in [3.05, 3.63) is 29.8 Å². The van der Waals surface area contributed by atoms with Crippen molar-refractivity contribution in [3.63, 3.8) is 0 Å². The third-order valence-electron chi connectivity index (χ3n) is 3.77. The summed E-state index contributed by atoms with van der Waals surface area (Å²) in [5.74, 6) is -1.21. The Hall–Kier alpha value is -1.93. The molecule has 1 fully saturated rings. The number of nitrogens with two attached hydrogens (primary N) is 1. The zero-order valence-corrected chi connectivity index (χ0v) is 13.1. The highest BCUT2D eigenvalue weighted by Crippen LogP contribution is 2.23. The van der Waals surface area contributed by atoms with E-state index in [-0.39, 0.29) is 17.3 Å². The first kappa shape index (κ1) is 16.4. The molecule has 1 aliphatic rings. The van der Waals surface area contributed by atoms with Crippen LogP contribution >= 0.6 is 0 Å². The van der Waals surface area contributed by atoms with Crippen LogP contribution in [0.4, 0.5) is 0 Å². The van der Waals surface area contributed by atoms with Crippen molar-refractivity contribution < 1.29 is 18.0 Å². The Bertz CT molecular complexity index is 670. The van der Waals surface area contributed by atoms with E-state index in [1.165, 1.54) is 35.6 Å². The molecule has 0 aromatic heterocycles. The number of carbonyl (C=O) groups is 2. The predicted molar refractivity (Wildman–Crippen MR) is 80.5 cm³/mol. The largest absolute Gasteiger partial charge is 0.369 e. The Kier molecular flexibility index (Phi) is 4.82. The van der Waals surface area contributed by atoms with Crippen LogP contribution in [0, 0.1) is 5.92 Å². The molecule has 1 unspecified atom stereocenters. The van der Waals surface area contributed by atoms with Crippen LogP contribution in [0.15, 0.2) is 29.2 Å². The standard InChI is InChI=1S/C14H19N3O4S/c1-16-14(19)10-4-6-12(7-5-10)22(20,21)17-8-2-3-11(9-17)13(15)18/h4-7,11H,2-3,8-9H2,1H3,(H2,15,18)(H,16,19). The van der Waals surface area contributed by atoms with Crippen LogP contribution < -0.4 is 11.1 Å². The summed E-state index contributed by atoms with van der Waals surface area (Å²) in [7, 11) is -2.18. The van der Waals surface area contributed by atoms with Crippen LogP contribution in [0.1, 0.15) is 23.2 Å². The van der Waals surface area contributed by atoms with Crippen LogP contribution in [0.25, 0.3) is 0 Å². The maximum Gasteiger partial charge on any atom is 0.251 e. The van der Waals surface area contributed by atoms with Gasteiger partial charge in [0, 0.05) is 25.7 Å². The highest BCUT2D eigenvalue weighted by Gasteiger charge is 2.32. The van der Waals surface area contributed by atoms with E-state index >= 15 is 0 Å². The molecule has 1 aliphatic heterocycles. The summed E-state index contributed by atoms with van der Waals surface area (Å²) < 4.78 is 26.4. The monoisotopic (exact) mass is 325 g/mol. The first-order valence-corrected chi connectivity index (χ1v) is 8.42. The van der Waals surface area contributed by atoms with Crippen molar-refractivity contribution in [2.45, 2.75) is 17.7 Å². The minimum atomic E-state index is -3.68. The van der Waals surface area contributed by atoms with E-state index in [1.54, 1.807) is 0 Å². The van der Waals surface area contributed by atoms with E-state index in [2.05, 4.69) is 5.32 Å². The van der Waals surface area contributed by atoms with E-state index in [1.807, 2.05) is 0 Å². The molecule has 1 atom stereocenters. The molecule has 0 radical (unpaired) electrons. The zero-order valence-electron chi connectivity index (χ0n) is 12.3. The normalized spacial score (nSPS) is 19.6. The third-order valence-corrected chi connectivity index (χ3v) is 5.65. The van der Waals surface area contributed by atoms with Gasteiger partial charge in [0.2, 0.25) is 15.9 Å². The van der Waals surface area contributed by atoms with E-state index in [0.717, 1.165) is 0 Å². The molecule has 1 heterocycles. The average Bonchev–Trinajstić information content (AvgIpc) is 2.54. The van der Waals surface area contributed by atoms with Crippen molar-refractivity contribution in [2.75, 3.05) is 20.1 Å². The number of rotatable bonds is 4. The minimum Gasteiger partial charge on any atom is -0.369 e. The molecule has 0 aliphatic carbocycles. The van der Waals surface area contributed by atoms with Crippen molar-refractivity contribution in [1.29, 1.82) is 0 Å². The highest BCUT2D eigenvalue weighted by molar-refractivity contribution is 7.89. The fourth-order valence-corrected chi connectivity index (χ4v) is 3.99. The van der Waals surface area contributed by atoms with Crippen molar-refractivity contribution >= 4 is 21.8 Å². The van der Waals surface area contributed by atoms with Crippen LogP contribution in [0.2, 0.25) is 0 Å². The summed E-state index contributed by atoms with van der Waals surface area (Å²) >= 11 is 0. The average molecular weight is 325 g/mol. The quantitative estimate of drug-likeness (QED) is 0.807. The maximum absolute atomic E-state index is 12.6. The summed E-state index contributed by atoms with van der Waals surface area (Å²) in [5.41, 5.74) is 5.66. The number of benzene rings is 1.